The summed E-state index contributed by atoms with van der Waals surface area (Å²) in [5.74, 6) is 3.78. The summed E-state index contributed by atoms with van der Waals surface area (Å²) >= 11 is 8.46. The van der Waals surface area contributed by atoms with E-state index in [0.29, 0.717) is 60.1 Å². The molecule has 376 valence electrons. The minimum absolute atomic E-state index is 0.0448. The van der Waals surface area contributed by atoms with E-state index in [1.807, 2.05) is 38.7 Å². The van der Waals surface area contributed by atoms with Crippen LogP contribution in [0, 0.1) is 0 Å². The van der Waals surface area contributed by atoms with E-state index in [1.165, 1.54) is 53.2 Å². The first-order chi connectivity index (χ1) is 33.8. The van der Waals surface area contributed by atoms with Crippen molar-refractivity contribution in [2.24, 2.45) is 0 Å². The highest BCUT2D eigenvalue weighted by atomic mass is 35.5. The normalized spacial score (nSPS) is 14.9. The number of piperidine rings is 2. The van der Waals surface area contributed by atoms with Gasteiger partial charge in [0.2, 0.25) is 11.8 Å². The Labute approximate surface area is 422 Å². The number of nitrogens with zero attached hydrogens (tertiary/aromatic N) is 10. The molecule has 0 bridgehead atoms. The molecule has 0 radical (unpaired) electrons. The summed E-state index contributed by atoms with van der Waals surface area (Å²) in [5.41, 5.74) is 1.44. The molecule has 8 heterocycles. The number of aromatic nitrogens is 8. The van der Waals surface area contributed by atoms with Crippen LogP contribution in [0.5, 0.6) is 28.5 Å². The van der Waals surface area contributed by atoms with E-state index in [4.69, 9.17) is 34.9 Å². The van der Waals surface area contributed by atoms with Crippen molar-refractivity contribution in [2.75, 3.05) is 48.5 Å². The predicted octanol–water partition coefficient (Wildman–Crippen LogP) is 9.14. The second-order valence-electron chi connectivity index (χ2n) is 17.3. The summed E-state index contributed by atoms with van der Waals surface area (Å²) in [5, 5.41) is 17.9. The van der Waals surface area contributed by atoms with E-state index in [-0.39, 0.29) is 33.8 Å². The largest absolute Gasteiger partial charge is 0.467 e. The number of hydrogen-bond donors (Lipinski definition) is 1. The first-order valence-electron chi connectivity index (χ1n) is 22.5. The number of sulfone groups is 2. The molecular formula is C46H51ClN10O10S4. The van der Waals surface area contributed by atoms with Gasteiger partial charge in [0.15, 0.2) is 40.6 Å². The van der Waals surface area contributed by atoms with Crippen LogP contribution < -0.4 is 24.0 Å². The van der Waals surface area contributed by atoms with Gasteiger partial charge in [0.1, 0.15) is 33.5 Å². The van der Waals surface area contributed by atoms with Crippen molar-refractivity contribution in [3.05, 3.63) is 88.9 Å². The number of aliphatic hydroxyl groups excluding tert-OH is 1. The maximum Gasteiger partial charge on any atom is 0.324 e. The van der Waals surface area contributed by atoms with Crippen molar-refractivity contribution in [1.82, 2.24) is 40.2 Å². The van der Waals surface area contributed by atoms with Crippen molar-refractivity contribution in [3.63, 3.8) is 0 Å². The number of benzene rings is 2. The molecular weight excluding hydrogens is 1020 g/mol. The average Bonchev–Trinajstić information content (AvgIpc) is 4.17. The maximum absolute atomic E-state index is 11.6. The SMILES string of the molecule is CC(C)c1noc(N2CCC(O)CC2)n1.CC(C)c1noc(N2CCC(Oc3nc4ccc(Oc5ccc(S(C)(=O)=O)cc5)nc4s3)CC2)n1.CS(=O)(=O)c1ccc(Oc2ccc3nc(Cl)sc3n2)cc1. The smallest absolute Gasteiger partial charge is 0.324 e. The fourth-order valence-electron chi connectivity index (χ4n) is 7.01. The lowest BCUT2D eigenvalue weighted by Gasteiger charge is -2.29. The summed E-state index contributed by atoms with van der Waals surface area (Å²) in [6.45, 7) is 11.3. The third kappa shape index (κ3) is 13.7. The van der Waals surface area contributed by atoms with Crippen LogP contribution in [0.4, 0.5) is 12.0 Å². The molecule has 20 nitrogen and oxygen atoms in total. The summed E-state index contributed by atoms with van der Waals surface area (Å²) in [4.78, 5) is 32.3. The fraction of sp³-hybridized carbons (Fsp3) is 0.391. The van der Waals surface area contributed by atoms with Gasteiger partial charge in [0, 0.05) is 75.5 Å². The number of fused-ring (bicyclic) bond motifs is 2. The van der Waals surface area contributed by atoms with E-state index in [2.05, 4.69) is 45.1 Å². The number of pyridine rings is 2. The van der Waals surface area contributed by atoms with Gasteiger partial charge in [0.05, 0.1) is 15.9 Å². The van der Waals surface area contributed by atoms with Crippen LogP contribution in [0.25, 0.3) is 20.7 Å². The van der Waals surface area contributed by atoms with Gasteiger partial charge in [-0.1, -0.05) is 72.3 Å². The standard InChI is InChI=1S/C23H25N5O5S2.C13H9ClN2O3S2.C10H17N3O2/c1-14(2)20-26-22(33-27-20)28-12-10-16(11-13-28)32-23-24-18-8-9-19(25-21(18)34-23)31-15-4-6-17(7-5-15)35(3,29)30;1-21(17,18)9-4-2-8(3-5-9)19-11-7-6-10-12(16-11)20-13(14)15-10;1-7(2)9-11-10(15-12-9)13-5-3-8(14)4-6-13/h4-9,14,16H,10-13H2,1-3H3;2-7H,1H3;7-8,14H,3-6H2,1-2H3. The van der Waals surface area contributed by atoms with E-state index >= 15 is 0 Å². The van der Waals surface area contributed by atoms with E-state index in [0.717, 1.165) is 75.3 Å². The highest BCUT2D eigenvalue weighted by Crippen LogP contribution is 2.33. The van der Waals surface area contributed by atoms with Gasteiger partial charge >= 0.3 is 12.0 Å². The first kappa shape index (κ1) is 51.3. The Morgan fingerprint density at radius 2 is 1.04 bits per heavy atom. The third-order valence-electron chi connectivity index (χ3n) is 11.0. The molecule has 0 unspecified atom stereocenters. The molecule has 1 N–H and O–H groups in total. The lowest BCUT2D eigenvalue weighted by atomic mass is 10.1. The summed E-state index contributed by atoms with van der Waals surface area (Å²) in [6.07, 6.45) is 5.39. The quantitative estimate of drug-likeness (QED) is 0.120. The van der Waals surface area contributed by atoms with Crippen molar-refractivity contribution in [1.29, 1.82) is 0 Å². The summed E-state index contributed by atoms with van der Waals surface area (Å²) in [6, 6.07) is 20.5. The second-order valence-corrected chi connectivity index (χ2v) is 23.8. The van der Waals surface area contributed by atoms with Crippen LogP contribution >= 0.6 is 34.3 Å². The number of thiazole rings is 2. The van der Waals surface area contributed by atoms with Crippen LogP contribution in [0.3, 0.4) is 0 Å². The lowest BCUT2D eigenvalue weighted by Crippen LogP contribution is -2.38. The number of anilines is 2. The van der Waals surface area contributed by atoms with E-state index in [9.17, 15) is 21.9 Å². The van der Waals surface area contributed by atoms with Gasteiger partial charge in [-0.05, 0) is 73.5 Å². The Bertz CT molecular complexity index is 3280. The molecule has 2 aliphatic heterocycles. The van der Waals surface area contributed by atoms with Gasteiger partial charge in [-0.15, -0.1) is 0 Å². The van der Waals surface area contributed by atoms with Crippen molar-refractivity contribution in [3.8, 4) is 28.5 Å². The number of ether oxygens (including phenoxy) is 3. The number of halogens is 1. The Balaban J connectivity index is 0.000000159. The summed E-state index contributed by atoms with van der Waals surface area (Å²) in [7, 11) is -6.47. The van der Waals surface area contributed by atoms with Gasteiger partial charge in [-0.3, -0.25) is 0 Å². The molecule has 0 spiro atoms. The zero-order valence-corrected chi connectivity index (χ0v) is 43.5. The van der Waals surface area contributed by atoms with Gasteiger partial charge < -0.3 is 38.2 Å². The Morgan fingerprint density at radius 1 is 0.606 bits per heavy atom. The predicted molar refractivity (Wildman–Crippen MR) is 269 cm³/mol. The highest BCUT2D eigenvalue weighted by molar-refractivity contribution is 7.91. The van der Waals surface area contributed by atoms with Crippen LogP contribution in [-0.4, -0.2) is 113 Å². The molecule has 71 heavy (non-hydrogen) atoms. The molecule has 25 heteroatoms. The van der Waals surface area contributed by atoms with E-state index < -0.39 is 19.7 Å². The molecule has 0 saturated carbocycles. The highest BCUT2D eigenvalue weighted by Gasteiger charge is 2.26. The Kier molecular flexibility index (Phi) is 16.0. The minimum Gasteiger partial charge on any atom is -0.467 e. The molecule has 2 saturated heterocycles. The van der Waals surface area contributed by atoms with Crippen molar-refractivity contribution >= 4 is 86.7 Å². The van der Waals surface area contributed by atoms with Crippen LogP contribution in [0.1, 0.15) is 76.9 Å². The van der Waals surface area contributed by atoms with Gasteiger partial charge in [-0.2, -0.15) is 9.97 Å². The molecule has 0 amide bonds. The van der Waals surface area contributed by atoms with Crippen LogP contribution in [0.15, 0.2) is 91.6 Å². The monoisotopic (exact) mass is 1070 g/mol. The molecule has 2 fully saturated rings. The third-order valence-corrected chi connectivity index (χ3v) is 15.2. The average molecular weight is 1070 g/mol. The number of hydrogen-bond acceptors (Lipinski definition) is 22. The molecule has 6 aromatic heterocycles. The Morgan fingerprint density at radius 3 is 1.48 bits per heavy atom. The lowest BCUT2D eigenvalue weighted by molar-refractivity contribution is 0.143. The molecule has 8 aromatic rings. The molecule has 0 aliphatic carbocycles. The molecule has 2 aromatic carbocycles. The first-order valence-corrected chi connectivity index (χ1v) is 28.3. The van der Waals surface area contributed by atoms with Gasteiger partial charge in [-0.25, -0.2) is 36.8 Å². The minimum atomic E-state index is -3.26. The zero-order chi connectivity index (χ0) is 50.5. The maximum atomic E-state index is 11.6. The molecule has 10 rings (SSSR count). The topological polar surface area (TPSA) is 252 Å². The van der Waals surface area contributed by atoms with Crippen molar-refractivity contribution < 1.29 is 45.2 Å². The fourth-order valence-corrected chi connectivity index (χ4v) is 10.1. The van der Waals surface area contributed by atoms with Crippen molar-refractivity contribution in [2.45, 2.75) is 87.2 Å². The van der Waals surface area contributed by atoms with Crippen LogP contribution in [0.2, 0.25) is 4.47 Å². The Hall–Kier alpha value is -6.05. The van der Waals surface area contributed by atoms with Crippen LogP contribution in [-0.2, 0) is 19.7 Å². The molecule has 2 aliphatic rings. The van der Waals surface area contributed by atoms with Gasteiger partial charge in [0.25, 0.3) is 5.19 Å². The zero-order valence-electron chi connectivity index (χ0n) is 39.5. The number of aliphatic hydroxyl groups is 1. The number of rotatable bonds is 12. The second kappa shape index (κ2) is 22.2. The molecule has 0 atom stereocenters. The summed E-state index contributed by atoms with van der Waals surface area (Å²) < 4.78 is 74.5. The van der Waals surface area contributed by atoms with E-state index in [1.54, 1.807) is 42.5 Å².